The maximum absolute atomic E-state index is 14.8. The Kier molecular flexibility index (Phi) is 6.12. The van der Waals surface area contributed by atoms with E-state index in [0.717, 1.165) is 21.3 Å². The molecule has 0 saturated carbocycles. The van der Waals surface area contributed by atoms with Crippen LogP contribution >= 0.6 is 11.3 Å². The molecule has 6 aromatic rings. The molecule has 12 heteroatoms. The van der Waals surface area contributed by atoms with Gasteiger partial charge in [0, 0.05) is 17.4 Å². The standard InChI is InChI=1S/C28H24FN7O3S/c1-15-31-28(36(33-15)18-6-7-21-26(10-18)40-14-30-21)24-11-23(27(38)25(13-37)39-24)35-12-22(32-34-35)17-8-16-4-2-3-5-19(16)20(29)9-17/h2-10,12,14,23-25,27,37-38H,11,13H2,1H3. The molecule has 3 aromatic carbocycles. The number of fused-ring (bicyclic) bond motifs is 2. The summed E-state index contributed by atoms with van der Waals surface area (Å²) in [4.78, 5) is 9.00. The van der Waals surface area contributed by atoms with Crippen molar-refractivity contribution in [2.24, 2.45) is 0 Å². The third-order valence-electron chi connectivity index (χ3n) is 7.29. The van der Waals surface area contributed by atoms with Crippen LogP contribution in [0.2, 0.25) is 0 Å². The molecule has 4 atom stereocenters. The van der Waals surface area contributed by atoms with Gasteiger partial charge in [-0.15, -0.1) is 16.4 Å². The number of aromatic nitrogens is 7. The molecule has 40 heavy (non-hydrogen) atoms. The first-order chi connectivity index (χ1) is 19.5. The molecule has 1 fully saturated rings. The second kappa shape index (κ2) is 9.82. The van der Waals surface area contributed by atoms with Gasteiger partial charge in [0.25, 0.3) is 0 Å². The van der Waals surface area contributed by atoms with Gasteiger partial charge in [-0.3, -0.25) is 0 Å². The van der Waals surface area contributed by atoms with Crippen molar-refractivity contribution in [3.63, 3.8) is 0 Å². The zero-order chi connectivity index (χ0) is 27.4. The lowest BCUT2D eigenvalue weighted by Gasteiger charge is -2.38. The van der Waals surface area contributed by atoms with Gasteiger partial charge in [0.05, 0.1) is 40.3 Å². The van der Waals surface area contributed by atoms with E-state index in [9.17, 15) is 14.6 Å². The Morgan fingerprint density at radius 3 is 2.90 bits per heavy atom. The molecular formula is C28H24FN7O3S. The summed E-state index contributed by atoms with van der Waals surface area (Å²) in [5.74, 6) is 0.765. The van der Waals surface area contributed by atoms with Crippen molar-refractivity contribution in [1.29, 1.82) is 0 Å². The van der Waals surface area contributed by atoms with Crippen molar-refractivity contribution in [2.45, 2.75) is 37.7 Å². The van der Waals surface area contributed by atoms with E-state index in [1.165, 1.54) is 17.4 Å². The highest BCUT2D eigenvalue weighted by molar-refractivity contribution is 7.16. The molecule has 7 rings (SSSR count). The maximum Gasteiger partial charge on any atom is 0.161 e. The Labute approximate surface area is 231 Å². The average molecular weight is 558 g/mol. The second-order valence-electron chi connectivity index (χ2n) is 9.84. The van der Waals surface area contributed by atoms with Gasteiger partial charge in [-0.1, -0.05) is 29.5 Å². The summed E-state index contributed by atoms with van der Waals surface area (Å²) in [6.45, 7) is 1.40. The van der Waals surface area contributed by atoms with Gasteiger partial charge in [0.15, 0.2) is 5.82 Å². The molecular weight excluding hydrogens is 533 g/mol. The lowest BCUT2D eigenvalue weighted by atomic mass is 9.95. The van der Waals surface area contributed by atoms with Crippen LogP contribution in [0.4, 0.5) is 4.39 Å². The maximum atomic E-state index is 14.8. The molecule has 4 heterocycles. The molecule has 2 N–H and O–H groups in total. The number of hydrogen-bond acceptors (Lipinski definition) is 9. The van der Waals surface area contributed by atoms with Gasteiger partial charge in [-0.2, -0.15) is 5.10 Å². The third kappa shape index (κ3) is 4.25. The van der Waals surface area contributed by atoms with Crippen LogP contribution in [-0.4, -0.2) is 63.8 Å². The molecule has 0 aliphatic carbocycles. The lowest BCUT2D eigenvalue weighted by molar-refractivity contribution is -0.161. The number of halogens is 1. The molecule has 1 saturated heterocycles. The number of hydrogen-bond donors (Lipinski definition) is 2. The number of nitrogens with zero attached hydrogens (tertiary/aromatic N) is 7. The minimum absolute atomic E-state index is 0.299. The second-order valence-corrected chi connectivity index (χ2v) is 10.7. The lowest BCUT2D eigenvalue weighted by Crippen LogP contribution is -2.45. The molecule has 0 bridgehead atoms. The molecule has 0 spiro atoms. The summed E-state index contributed by atoms with van der Waals surface area (Å²) < 4.78 is 25.2. The molecule has 10 nitrogen and oxygen atoms in total. The third-order valence-corrected chi connectivity index (χ3v) is 8.08. The average Bonchev–Trinajstić information content (AvgIpc) is 3.72. The van der Waals surface area contributed by atoms with Crippen LogP contribution in [0.5, 0.6) is 0 Å². The highest BCUT2D eigenvalue weighted by Crippen LogP contribution is 2.38. The summed E-state index contributed by atoms with van der Waals surface area (Å²) in [5, 5.41) is 35.6. The number of ether oxygens (including phenoxy) is 1. The van der Waals surface area contributed by atoms with Gasteiger partial charge in [0.1, 0.15) is 35.6 Å². The molecule has 1 aliphatic heterocycles. The summed E-state index contributed by atoms with van der Waals surface area (Å²) in [6, 6.07) is 15.8. The molecule has 202 valence electrons. The van der Waals surface area contributed by atoms with E-state index in [1.807, 2.05) is 36.4 Å². The first kappa shape index (κ1) is 24.9. The number of benzene rings is 3. The first-order valence-corrected chi connectivity index (χ1v) is 13.7. The summed E-state index contributed by atoms with van der Waals surface area (Å²) in [5.41, 5.74) is 4.55. The minimum Gasteiger partial charge on any atom is -0.394 e. The van der Waals surface area contributed by atoms with Crippen LogP contribution in [0.15, 0.2) is 66.3 Å². The quantitative estimate of drug-likeness (QED) is 0.324. The fourth-order valence-corrected chi connectivity index (χ4v) is 6.03. The monoisotopic (exact) mass is 557 g/mol. The van der Waals surface area contributed by atoms with Crippen LogP contribution in [-0.2, 0) is 4.74 Å². The van der Waals surface area contributed by atoms with Crippen molar-refractivity contribution in [3.8, 4) is 16.9 Å². The summed E-state index contributed by atoms with van der Waals surface area (Å²) in [6.07, 6.45) is -0.566. The van der Waals surface area contributed by atoms with Crippen LogP contribution in [0.1, 0.15) is 30.2 Å². The van der Waals surface area contributed by atoms with E-state index in [0.29, 0.717) is 34.7 Å². The van der Waals surface area contributed by atoms with E-state index >= 15 is 0 Å². The molecule has 0 amide bonds. The van der Waals surface area contributed by atoms with Crippen molar-refractivity contribution >= 4 is 32.3 Å². The topological polar surface area (TPSA) is 124 Å². The number of thiazole rings is 1. The van der Waals surface area contributed by atoms with Crippen LogP contribution in [0.25, 0.3) is 37.9 Å². The Hall–Kier alpha value is -4.10. The Bertz CT molecular complexity index is 1850. The molecule has 3 aromatic heterocycles. The molecule has 0 radical (unpaired) electrons. The summed E-state index contributed by atoms with van der Waals surface area (Å²) >= 11 is 1.54. The van der Waals surface area contributed by atoms with E-state index in [4.69, 9.17) is 4.74 Å². The minimum atomic E-state index is -1.06. The smallest absolute Gasteiger partial charge is 0.161 e. The zero-order valence-electron chi connectivity index (χ0n) is 21.3. The van der Waals surface area contributed by atoms with E-state index in [2.05, 4.69) is 25.4 Å². The fraction of sp³-hybridized carbons (Fsp3) is 0.250. The van der Waals surface area contributed by atoms with E-state index < -0.39 is 31.0 Å². The van der Waals surface area contributed by atoms with Gasteiger partial charge in [0.2, 0.25) is 0 Å². The first-order valence-electron chi connectivity index (χ1n) is 12.8. The van der Waals surface area contributed by atoms with E-state index in [-0.39, 0.29) is 5.82 Å². The predicted octanol–water partition coefficient (Wildman–Crippen LogP) is 4.16. The van der Waals surface area contributed by atoms with Crippen molar-refractivity contribution in [2.75, 3.05) is 6.61 Å². The Balaban J connectivity index is 1.23. The molecule has 1 aliphatic rings. The van der Waals surface area contributed by atoms with Gasteiger partial charge < -0.3 is 14.9 Å². The normalized spacial score (nSPS) is 21.4. The zero-order valence-corrected chi connectivity index (χ0v) is 22.1. The SMILES string of the molecule is Cc1nc(C2CC(n3cc(-c4cc(F)c5ccccc5c4)nn3)C(O)C(CO)O2)n(-c2ccc3ncsc3c2)n1. The van der Waals surface area contributed by atoms with Gasteiger partial charge in [-0.05, 0) is 42.6 Å². The highest BCUT2D eigenvalue weighted by Gasteiger charge is 2.41. The number of rotatable bonds is 5. The van der Waals surface area contributed by atoms with Crippen molar-refractivity contribution in [1.82, 2.24) is 34.7 Å². The van der Waals surface area contributed by atoms with E-state index in [1.54, 1.807) is 40.1 Å². The van der Waals surface area contributed by atoms with Gasteiger partial charge >= 0.3 is 0 Å². The predicted molar refractivity (Wildman–Crippen MR) is 147 cm³/mol. The van der Waals surface area contributed by atoms with Crippen molar-refractivity contribution in [3.05, 3.63) is 83.8 Å². The number of aliphatic hydroxyl groups excluding tert-OH is 2. The summed E-state index contributed by atoms with van der Waals surface area (Å²) in [7, 11) is 0. The number of aliphatic hydroxyl groups is 2. The number of aryl methyl sites for hydroxylation is 1. The van der Waals surface area contributed by atoms with Crippen molar-refractivity contribution < 1.29 is 19.3 Å². The fourth-order valence-electron chi connectivity index (χ4n) is 5.32. The Morgan fingerprint density at radius 2 is 2.02 bits per heavy atom. The highest BCUT2D eigenvalue weighted by atomic mass is 32.1. The largest absolute Gasteiger partial charge is 0.394 e. The van der Waals surface area contributed by atoms with Crippen LogP contribution in [0, 0.1) is 12.7 Å². The van der Waals surface area contributed by atoms with Gasteiger partial charge in [-0.25, -0.2) is 23.7 Å². The van der Waals surface area contributed by atoms with Crippen LogP contribution in [0.3, 0.4) is 0 Å². The Morgan fingerprint density at radius 1 is 1.15 bits per heavy atom. The molecule has 4 unspecified atom stereocenters. The van der Waals surface area contributed by atoms with Crippen LogP contribution < -0.4 is 0 Å².